The number of carboxylic acid groups (broad SMARTS) is 1. The zero-order valence-corrected chi connectivity index (χ0v) is 10.5. The molecule has 1 fully saturated rings. The Morgan fingerprint density at radius 3 is 2.65 bits per heavy atom. The van der Waals surface area contributed by atoms with Crippen LogP contribution >= 0.6 is 0 Å². The molecule has 6 heteroatoms. The largest absolute Gasteiger partial charge is 1.00 e. The lowest BCUT2D eigenvalue weighted by atomic mass is 9.97. The molecule has 0 amide bonds. The summed E-state index contributed by atoms with van der Waals surface area (Å²) in [5.41, 5.74) is 3.22. The summed E-state index contributed by atoms with van der Waals surface area (Å²) in [6.07, 6.45) is 1.72. The average Bonchev–Trinajstić information content (AvgIpc) is 2.55. The zero-order valence-electron chi connectivity index (χ0n) is 9.72. The van der Waals surface area contributed by atoms with Crippen molar-refractivity contribution >= 4 is 11.8 Å². The molecule has 5 nitrogen and oxygen atoms in total. The van der Waals surface area contributed by atoms with Gasteiger partial charge in [-0.1, -0.05) is 6.07 Å². The van der Waals surface area contributed by atoms with Gasteiger partial charge in [-0.15, -0.1) is 0 Å². The van der Waals surface area contributed by atoms with E-state index in [1.165, 1.54) is 0 Å². The Balaban J connectivity index is 0.00000144. The van der Waals surface area contributed by atoms with E-state index in [1.807, 2.05) is 32.0 Å². The molecular weight excluding hydrogens is 242 g/mol. The van der Waals surface area contributed by atoms with Gasteiger partial charge in [-0.3, -0.25) is 4.79 Å². The summed E-state index contributed by atoms with van der Waals surface area (Å²) < 4.78 is 0. The molecule has 2 heterocycles. The van der Waals surface area contributed by atoms with Crippen molar-refractivity contribution in [3.8, 4) is 0 Å². The molecule has 17 heavy (non-hydrogen) atoms. The van der Waals surface area contributed by atoms with Crippen LogP contribution in [0.15, 0.2) is 24.4 Å². The summed E-state index contributed by atoms with van der Waals surface area (Å²) in [6.45, 7) is 3.82. The molecule has 0 bridgehead atoms. The van der Waals surface area contributed by atoms with Gasteiger partial charge < -0.3 is 17.5 Å². The molecule has 4 unspecified atom stereocenters. The molecule has 0 saturated carbocycles. The second kappa shape index (κ2) is 5.44. The summed E-state index contributed by atoms with van der Waals surface area (Å²) in [7, 11) is 0. The number of hydrogen-bond donors (Lipinski definition) is 3. The third-order valence-electron chi connectivity index (χ3n) is 3.14. The SMILES string of the molecule is CC1N[NH+](c2ccccn2)C(C)C1C(=O)O.[Cl-]. The fourth-order valence-electron chi connectivity index (χ4n) is 2.34. The van der Waals surface area contributed by atoms with Gasteiger partial charge in [0.05, 0.1) is 6.04 Å². The van der Waals surface area contributed by atoms with E-state index >= 15 is 0 Å². The van der Waals surface area contributed by atoms with Crippen LogP contribution in [0.4, 0.5) is 5.82 Å². The van der Waals surface area contributed by atoms with E-state index in [9.17, 15) is 4.79 Å². The van der Waals surface area contributed by atoms with Gasteiger partial charge >= 0.3 is 5.97 Å². The molecule has 0 aromatic carbocycles. The van der Waals surface area contributed by atoms with Gasteiger partial charge in [0.15, 0.2) is 0 Å². The number of halogens is 1. The van der Waals surface area contributed by atoms with Gasteiger partial charge in [-0.05, 0) is 19.9 Å². The van der Waals surface area contributed by atoms with Gasteiger partial charge in [0, 0.05) is 12.3 Å². The summed E-state index contributed by atoms with van der Waals surface area (Å²) in [4.78, 5) is 15.4. The fourth-order valence-corrected chi connectivity index (χ4v) is 2.34. The minimum Gasteiger partial charge on any atom is -1.00 e. The fraction of sp³-hybridized carbons (Fsp3) is 0.455. The molecule has 0 aliphatic carbocycles. The van der Waals surface area contributed by atoms with Crippen molar-refractivity contribution in [3.63, 3.8) is 0 Å². The number of rotatable bonds is 2. The Bertz CT molecular complexity index is 388. The predicted octanol–water partition coefficient (Wildman–Crippen LogP) is -3.40. The molecule has 1 saturated heterocycles. The van der Waals surface area contributed by atoms with Gasteiger partial charge in [-0.25, -0.2) is 9.99 Å². The van der Waals surface area contributed by atoms with Crippen LogP contribution in [0.25, 0.3) is 0 Å². The van der Waals surface area contributed by atoms with E-state index in [0.717, 1.165) is 10.8 Å². The summed E-state index contributed by atoms with van der Waals surface area (Å²) >= 11 is 0. The third kappa shape index (κ3) is 2.57. The molecular formula is C11H16ClN3O2. The maximum Gasteiger partial charge on any atom is 0.314 e. The van der Waals surface area contributed by atoms with Crippen LogP contribution in [0.1, 0.15) is 13.8 Å². The van der Waals surface area contributed by atoms with Gasteiger partial charge in [0.1, 0.15) is 12.0 Å². The molecule has 1 aromatic rings. The molecule has 94 valence electrons. The van der Waals surface area contributed by atoms with Crippen LogP contribution in [0.5, 0.6) is 0 Å². The molecule has 3 N–H and O–H groups in total. The Morgan fingerprint density at radius 2 is 2.18 bits per heavy atom. The van der Waals surface area contributed by atoms with Crippen LogP contribution in [0.2, 0.25) is 0 Å². The van der Waals surface area contributed by atoms with E-state index in [0.29, 0.717) is 0 Å². The van der Waals surface area contributed by atoms with Crippen molar-refractivity contribution in [2.75, 3.05) is 0 Å². The van der Waals surface area contributed by atoms with Crippen molar-refractivity contribution in [3.05, 3.63) is 24.4 Å². The van der Waals surface area contributed by atoms with E-state index in [-0.39, 0.29) is 30.4 Å². The molecule has 1 aromatic heterocycles. The van der Waals surface area contributed by atoms with E-state index in [2.05, 4.69) is 10.4 Å². The maximum absolute atomic E-state index is 11.1. The number of nitrogens with zero attached hydrogens (tertiary/aromatic N) is 1. The minimum atomic E-state index is -0.751. The van der Waals surface area contributed by atoms with Crippen molar-refractivity contribution < 1.29 is 27.3 Å². The molecule has 1 aliphatic rings. The number of carbonyl (C=O) groups is 1. The van der Waals surface area contributed by atoms with Crippen molar-refractivity contribution in [1.29, 1.82) is 0 Å². The third-order valence-corrected chi connectivity index (χ3v) is 3.14. The number of aliphatic carboxylic acids is 1. The summed E-state index contributed by atoms with van der Waals surface area (Å²) in [5, 5.41) is 10.1. The predicted molar refractivity (Wildman–Crippen MR) is 58.0 cm³/mol. The van der Waals surface area contributed by atoms with Gasteiger partial charge in [0.25, 0.3) is 0 Å². The first-order chi connectivity index (χ1) is 7.61. The second-order valence-electron chi connectivity index (χ2n) is 4.21. The normalized spacial score (nSPS) is 31.9. The van der Waals surface area contributed by atoms with E-state index in [4.69, 9.17) is 5.11 Å². The Hall–Kier alpha value is -1.17. The highest BCUT2D eigenvalue weighted by Gasteiger charge is 2.46. The number of nitrogens with one attached hydrogen (secondary N) is 2. The number of hydrogen-bond acceptors (Lipinski definition) is 3. The number of aromatic nitrogens is 1. The highest BCUT2D eigenvalue weighted by molar-refractivity contribution is 5.71. The number of carboxylic acids is 1. The lowest BCUT2D eigenvalue weighted by molar-refractivity contribution is -0.894. The second-order valence-corrected chi connectivity index (χ2v) is 4.21. The Kier molecular flexibility index (Phi) is 4.45. The van der Waals surface area contributed by atoms with Crippen molar-refractivity contribution in [2.45, 2.75) is 25.9 Å². The van der Waals surface area contributed by atoms with Crippen LogP contribution in [-0.4, -0.2) is 28.1 Å². The Morgan fingerprint density at radius 1 is 1.47 bits per heavy atom. The van der Waals surface area contributed by atoms with Crippen LogP contribution < -0.4 is 22.8 Å². The van der Waals surface area contributed by atoms with Crippen LogP contribution in [-0.2, 0) is 4.79 Å². The molecule has 0 radical (unpaired) electrons. The Labute approximate surface area is 106 Å². The minimum absolute atomic E-state index is 0. The lowest BCUT2D eigenvalue weighted by Crippen LogP contribution is -3.15. The van der Waals surface area contributed by atoms with Crippen molar-refractivity contribution in [2.24, 2.45) is 5.92 Å². The lowest BCUT2D eigenvalue weighted by Gasteiger charge is -2.16. The topological polar surface area (TPSA) is 66.7 Å². The highest BCUT2D eigenvalue weighted by atomic mass is 35.5. The van der Waals surface area contributed by atoms with E-state index in [1.54, 1.807) is 6.20 Å². The molecule has 1 aliphatic heterocycles. The summed E-state index contributed by atoms with van der Waals surface area (Å²) in [6, 6.07) is 5.58. The first kappa shape index (κ1) is 13.9. The first-order valence-electron chi connectivity index (χ1n) is 5.39. The standard InChI is InChI=1S/C11H15N3O2.ClH/c1-7-10(11(15)16)8(2)14(13-7)9-5-3-4-6-12-9;/h3-8,10,13H,1-2H3,(H,15,16);1H. The van der Waals surface area contributed by atoms with E-state index < -0.39 is 5.97 Å². The van der Waals surface area contributed by atoms with Crippen molar-refractivity contribution in [1.82, 2.24) is 10.4 Å². The molecule has 4 atom stereocenters. The average molecular weight is 258 g/mol. The first-order valence-corrected chi connectivity index (χ1v) is 5.39. The monoisotopic (exact) mass is 257 g/mol. The smallest absolute Gasteiger partial charge is 0.314 e. The van der Waals surface area contributed by atoms with Gasteiger partial charge in [-0.2, -0.15) is 5.43 Å². The van der Waals surface area contributed by atoms with Crippen LogP contribution in [0, 0.1) is 5.92 Å². The maximum atomic E-state index is 11.1. The quantitative estimate of drug-likeness (QED) is 0.517. The van der Waals surface area contributed by atoms with Gasteiger partial charge in [0.2, 0.25) is 5.82 Å². The summed E-state index contributed by atoms with van der Waals surface area (Å²) in [5.74, 6) is -0.291. The van der Waals surface area contributed by atoms with Crippen LogP contribution in [0.3, 0.4) is 0 Å². The molecule has 2 rings (SSSR count). The number of quaternary nitrogens is 1. The molecule has 0 spiro atoms. The zero-order chi connectivity index (χ0) is 11.7. The number of pyridine rings is 1. The highest BCUT2D eigenvalue weighted by Crippen LogP contribution is 2.13.